The van der Waals surface area contributed by atoms with Crippen molar-refractivity contribution in [2.75, 3.05) is 12.4 Å². The molecule has 0 aliphatic heterocycles. The molecule has 100 valence electrons. The van der Waals surface area contributed by atoms with Gasteiger partial charge >= 0.3 is 0 Å². The van der Waals surface area contributed by atoms with Gasteiger partial charge in [0.15, 0.2) is 0 Å². The van der Waals surface area contributed by atoms with E-state index in [1.807, 2.05) is 37.4 Å². The molecule has 0 radical (unpaired) electrons. The Morgan fingerprint density at radius 1 is 0.950 bits per heavy atom. The molecular formula is C16H14FN3. The fourth-order valence-electron chi connectivity index (χ4n) is 2.10. The van der Waals surface area contributed by atoms with Crippen LogP contribution in [0.2, 0.25) is 0 Å². The highest BCUT2D eigenvalue weighted by Gasteiger charge is 2.12. The SMILES string of the molecule is CNc1[nH]c(-c2ccc(F)cc2)nc1-c1ccccc1. The number of aromatic nitrogens is 2. The van der Waals surface area contributed by atoms with E-state index in [-0.39, 0.29) is 5.82 Å². The average Bonchev–Trinajstić information content (AvgIpc) is 2.93. The zero-order valence-electron chi connectivity index (χ0n) is 11.0. The highest BCUT2D eigenvalue weighted by atomic mass is 19.1. The molecule has 0 aliphatic rings. The van der Waals surface area contributed by atoms with Gasteiger partial charge in [-0.3, -0.25) is 0 Å². The monoisotopic (exact) mass is 267 g/mol. The molecule has 2 aromatic carbocycles. The van der Waals surface area contributed by atoms with Crippen molar-refractivity contribution in [3.8, 4) is 22.6 Å². The van der Waals surface area contributed by atoms with Crippen molar-refractivity contribution in [1.82, 2.24) is 9.97 Å². The number of benzene rings is 2. The Bertz CT molecular complexity index is 702. The summed E-state index contributed by atoms with van der Waals surface area (Å²) in [6.45, 7) is 0. The van der Waals surface area contributed by atoms with Gasteiger partial charge in [-0.1, -0.05) is 30.3 Å². The van der Waals surface area contributed by atoms with Crippen LogP contribution in [-0.2, 0) is 0 Å². The molecule has 0 aliphatic carbocycles. The molecule has 3 aromatic rings. The van der Waals surface area contributed by atoms with E-state index in [9.17, 15) is 4.39 Å². The Balaban J connectivity index is 2.07. The van der Waals surface area contributed by atoms with Crippen molar-refractivity contribution in [2.45, 2.75) is 0 Å². The zero-order chi connectivity index (χ0) is 13.9. The summed E-state index contributed by atoms with van der Waals surface area (Å²) >= 11 is 0. The Kier molecular flexibility index (Phi) is 3.21. The number of hydrogen-bond acceptors (Lipinski definition) is 2. The van der Waals surface area contributed by atoms with Crippen molar-refractivity contribution in [3.05, 3.63) is 60.4 Å². The van der Waals surface area contributed by atoms with E-state index in [1.165, 1.54) is 12.1 Å². The molecule has 1 heterocycles. The van der Waals surface area contributed by atoms with E-state index in [1.54, 1.807) is 12.1 Å². The summed E-state index contributed by atoms with van der Waals surface area (Å²) in [6.07, 6.45) is 0. The third-order valence-corrected chi connectivity index (χ3v) is 3.12. The van der Waals surface area contributed by atoms with Crippen molar-refractivity contribution < 1.29 is 4.39 Å². The van der Waals surface area contributed by atoms with Crippen LogP contribution in [0, 0.1) is 5.82 Å². The normalized spacial score (nSPS) is 10.5. The molecule has 0 unspecified atom stereocenters. The van der Waals surface area contributed by atoms with Crippen molar-refractivity contribution in [1.29, 1.82) is 0 Å². The number of anilines is 1. The minimum atomic E-state index is -0.252. The standard InChI is InChI=1S/C16H14FN3/c1-18-16-14(11-5-3-2-4-6-11)19-15(20-16)12-7-9-13(17)10-8-12/h2-10,18H,1H3,(H,19,20). The van der Waals surface area contributed by atoms with Crippen LogP contribution in [0.25, 0.3) is 22.6 Å². The van der Waals surface area contributed by atoms with Gasteiger partial charge in [0.2, 0.25) is 0 Å². The van der Waals surface area contributed by atoms with Crippen LogP contribution in [0.5, 0.6) is 0 Å². The molecule has 0 fully saturated rings. The minimum Gasteiger partial charge on any atom is -0.373 e. The fraction of sp³-hybridized carbons (Fsp3) is 0.0625. The lowest BCUT2D eigenvalue weighted by atomic mass is 10.1. The molecule has 3 rings (SSSR count). The molecule has 20 heavy (non-hydrogen) atoms. The van der Waals surface area contributed by atoms with Gasteiger partial charge in [-0.05, 0) is 24.3 Å². The number of hydrogen-bond donors (Lipinski definition) is 2. The molecule has 2 N–H and O–H groups in total. The second-order valence-corrected chi connectivity index (χ2v) is 4.43. The summed E-state index contributed by atoms with van der Waals surface area (Å²) in [5, 5.41) is 3.10. The van der Waals surface area contributed by atoms with Gasteiger partial charge in [0.05, 0.1) is 0 Å². The highest BCUT2D eigenvalue weighted by Crippen LogP contribution is 2.29. The first kappa shape index (κ1) is 12.4. The summed E-state index contributed by atoms with van der Waals surface area (Å²) in [5.74, 6) is 1.31. The van der Waals surface area contributed by atoms with Crippen LogP contribution in [0.4, 0.5) is 10.2 Å². The molecule has 3 nitrogen and oxygen atoms in total. The van der Waals surface area contributed by atoms with Gasteiger partial charge in [-0.2, -0.15) is 0 Å². The molecule has 0 saturated carbocycles. The van der Waals surface area contributed by atoms with Crippen LogP contribution >= 0.6 is 0 Å². The van der Waals surface area contributed by atoms with Gasteiger partial charge in [0, 0.05) is 18.2 Å². The number of rotatable bonds is 3. The molecule has 0 spiro atoms. The first-order valence-corrected chi connectivity index (χ1v) is 6.37. The molecule has 0 saturated heterocycles. The Labute approximate surface area is 116 Å². The van der Waals surface area contributed by atoms with Gasteiger partial charge in [0.1, 0.15) is 23.2 Å². The second-order valence-electron chi connectivity index (χ2n) is 4.43. The van der Waals surface area contributed by atoms with Crippen LogP contribution in [0.1, 0.15) is 0 Å². The zero-order valence-corrected chi connectivity index (χ0v) is 11.0. The number of halogens is 1. The third-order valence-electron chi connectivity index (χ3n) is 3.12. The van der Waals surface area contributed by atoms with Crippen molar-refractivity contribution in [2.24, 2.45) is 0 Å². The maximum Gasteiger partial charge on any atom is 0.139 e. The Hall–Kier alpha value is -2.62. The average molecular weight is 267 g/mol. The predicted molar refractivity (Wildman–Crippen MR) is 79.0 cm³/mol. The van der Waals surface area contributed by atoms with Gasteiger partial charge in [-0.15, -0.1) is 0 Å². The van der Waals surface area contributed by atoms with Crippen LogP contribution in [0.15, 0.2) is 54.6 Å². The highest BCUT2D eigenvalue weighted by molar-refractivity contribution is 5.75. The third kappa shape index (κ3) is 2.28. The molecule has 4 heteroatoms. The summed E-state index contributed by atoms with van der Waals surface area (Å²) in [4.78, 5) is 7.83. The number of nitrogens with zero attached hydrogens (tertiary/aromatic N) is 1. The van der Waals surface area contributed by atoms with Crippen LogP contribution in [-0.4, -0.2) is 17.0 Å². The molecular weight excluding hydrogens is 253 g/mol. The number of nitrogens with one attached hydrogen (secondary N) is 2. The molecule has 0 amide bonds. The van der Waals surface area contributed by atoms with E-state index in [0.717, 1.165) is 22.6 Å². The van der Waals surface area contributed by atoms with E-state index in [2.05, 4.69) is 15.3 Å². The van der Waals surface area contributed by atoms with Crippen molar-refractivity contribution >= 4 is 5.82 Å². The van der Waals surface area contributed by atoms with E-state index in [0.29, 0.717) is 5.82 Å². The topological polar surface area (TPSA) is 40.7 Å². The Morgan fingerprint density at radius 3 is 2.30 bits per heavy atom. The number of aromatic amines is 1. The predicted octanol–water partition coefficient (Wildman–Crippen LogP) is 3.92. The summed E-state index contributed by atoms with van der Waals surface area (Å²) in [6, 6.07) is 16.2. The summed E-state index contributed by atoms with van der Waals surface area (Å²) in [7, 11) is 1.84. The largest absolute Gasteiger partial charge is 0.373 e. The van der Waals surface area contributed by atoms with E-state index < -0.39 is 0 Å². The maximum absolute atomic E-state index is 13.0. The Morgan fingerprint density at radius 2 is 1.65 bits per heavy atom. The van der Waals surface area contributed by atoms with Gasteiger partial charge in [0.25, 0.3) is 0 Å². The summed E-state index contributed by atoms with van der Waals surface area (Å²) < 4.78 is 13.0. The number of H-pyrrole nitrogens is 1. The lowest BCUT2D eigenvalue weighted by Gasteiger charge is -2.00. The quantitative estimate of drug-likeness (QED) is 0.755. The minimum absolute atomic E-state index is 0.252. The molecule has 0 atom stereocenters. The van der Waals surface area contributed by atoms with Crippen molar-refractivity contribution in [3.63, 3.8) is 0 Å². The maximum atomic E-state index is 13.0. The second kappa shape index (κ2) is 5.17. The van der Waals surface area contributed by atoms with Gasteiger partial charge in [-0.25, -0.2) is 9.37 Å². The smallest absolute Gasteiger partial charge is 0.139 e. The summed E-state index contributed by atoms with van der Waals surface area (Å²) in [5.41, 5.74) is 2.74. The van der Waals surface area contributed by atoms with E-state index >= 15 is 0 Å². The lowest BCUT2D eigenvalue weighted by molar-refractivity contribution is 0.628. The molecule has 1 aromatic heterocycles. The van der Waals surface area contributed by atoms with E-state index in [4.69, 9.17) is 0 Å². The number of imidazole rings is 1. The lowest BCUT2D eigenvalue weighted by Crippen LogP contribution is -1.90. The first-order valence-electron chi connectivity index (χ1n) is 6.37. The first-order chi connectivity index (χ1) is 9.78. The molecule has 0 bridgehead atoms. The van der Waals surface area contributed by atoms with Gasteiger partial charge < -0.3 is 10.3 Å². The van der Waals surface area contributed by atoms with Crippen LogP contribution in [0.3, 0.4) is 0 Å². The fourth-order valence-corrected chi connectivity index (χ4v) is 2.10. The van der Waals surface area contributed by atoms with Crippen LogP contribution < -0.4 is 5.32 Å².